The van der Waals surface area contributed by atoms with Gasteiger partial charge in [-0.2, -0.15) is 5.26 Å². The van der Waals surface area contributed by atoms with Crippen molar-refractivity contribution in [3.63, 3.8) is 0 Å². The number of nitrogens with zero attached hydrogens (tertiary/aromatic N) is 1. The summed E-state index contributed by atoms with van der Waals surface area (Å²) in [4.78, 5) is 0. The maximum atomic E-state index is 9.13. The Morgan fingerprint density at radius 2 is 2.35 bits per heavy atom. The molecule has 1 aliphatic heterocycles. The first-order chi connectivity index (χ1) is 8.31. The van der Waals surface area contributed by atoms with Crippen molar-refractivity contribution in [1.29, 1.82) is 5.26 Å². The van der Waals surface area contributed by atoms with Gasteiger partial charge in [-0.05, 0) is 37.9 Å². The molecule has 3 nitrogen and oxygen atoms in total. The van der Waals surface area contributed by atoms with Crippen LogP contribution in [0.1, 0.15) is 30.4 Å². The summed E-state index contributed by atoms with van der Waals surface area (Å²) in [6.07, 6.45) is 3.81. The van der Waals surface area contributed by atoms with Crippen LogP contribution in [0.15, 0.2) is 18.2 Å². The van der Waals surface area contributed by atoms with E-state index in [1.54, 1.807) is 0 Å². The number of nitriles is 1. The number of hydrogen-bond donors (Lipinski definition) is 2. The molecule has 1 fully saturated rings. The Hall–Kier alpha value is -1.53. The van der Waals surface area contributed by atoms with Crippen LogP contribution in [0.25, 0.3) is 0 Å². The lowest BCUT2D eigenvalue weighted by molar-refractivity contribution is 0.414. The van der Waals surface area contributed by atoms with Gasteiger partial charge in [-0.15, -0.1) is 0 Å². The Bertz CT molecular complexity index is 414. The highest BCUT2D eigenvalue weighted by molar-refractivity contribution is 5.60. The number of hydrogen-bond acceptors (Lipinski definition) is 3. The summed E-state index contributed by atoms with van der Waals surface area (Å²) < 4.78 is 0. The molecule has 1 aliphatic rings. The second-order valence-corrected chi connectivity index (χ2v) is 4.64. The highest BCUT2D eigenvalue weighted by Crippen LogP contribution is 2.18. The molecule has 3 heteroatoms. The van der Waals surface area contributed by atoms with Gasteiger partial charge in [0.2, 0.25) is 0 Å². The lowest BCUT2D eigenvalue weighted by Crippen LogP contribution is -2.39. The summed E-state index contributed by atoms with van der Waals surface area (Å²) >= 11 is 0. The quantitative estimate of drug-likeness (QED) is 0.836. The van der Waals surface area contributed by atoms with Crippen LogP contribution in [-0.4, -0.2) is 19.1 Å². The molecule has 1 unspecified atom stereocenters. The summed E-state index contributed by atoms with van der Waals surface area (Å²) in [6, 6.07) is 8.75. The summed E-state index contributed by atoms with van der Waals surface area (Å²) in [7, 11) is 0. The Kier molecular flexibility index (Phi) is 4.00. The summed E-state index contributed by atoms with van der Waals surface area (Å²) in [6.45, 7) is 3.99. The van der Waals surface area contributed by atoms with E-state index in [9.17, 15) is 0 Å². The molecular formula is C14H19N3. The molecule has 1 saturated heterocycles. The SMILES string of the molecule is Cc1cccc(NCC2CCCCN2)c1C#N. The highest BCUT2D eigenvalue weighted by atomic mass is 15.0. The van der Waals surface area contributed by atoms with Gasteiger partial charge in [-0.25, -0.2) is 0 Å². The molecule has 1 heterocycles. The molecule has 2 rings (SSSR count). The maximum Gasteiger partial charge on any atom is 0.102 e. The zero-order valence-electron chi connectivity index (χ0n) is 10.3. The fourth-order valence-corrected chi connectivity index (χ4v) is 2.29. The Labute approximate surface area is 103 Å². The molecule has 1 atom stereocenters. The van der Waals surface area contributed by atoms with Crippen molar-refractivity contribution < 1.29 is 0 Å². The first-order valence-corrected chi connectivity index (χ1v) is 6.28. The molecular weight excluding hydrogens is 210 g/mol. The van der Waals surface area contributed by atoms with E-state index in [2.05, 4.69) is 16.7 Å². The number of anilines is 1. The molecule has 90 valence electrons. The van der Waals surface area contributed by atoms with Crippen molar-refractivity contribution in [3.8, 4) is 6.07 Å². The largest absolute Gasteiger partial charge is 0.382 e. The first-order valence-electron chi connectivity index (χ1n) is 6.28. The van der Waals surface area contributed by atoms with Crippen molar-refractivity contribution in [3.05, 3.63) is 29.3 Å². The fourth-order valence-electron chi connectivity index (χ4n) is 2.29. The molecule has 0 aromatic heterocycles. The van der Waals surface area contributed by atoms with Gasteiger partial charge in [0.25, 0.3) is 0 Å². The van der Waals surface area contributed by atoms with Crippen LogP contribution in [0.2, 0.25) is 0 Å². The van der Waals surface area contributed by atoms with Gasteiger partial charge in [-0.1, -0.05) is 18.6 Å². The number of benzene rings is 1. The Morgan fingerprint density at radius 1 is 1.47 bits per heavy atom. The van der Waals surface area contributed by atoms with E-state index in [0.29, 0.717) is 6.04 Å². The average Bonchev–Trinajstić information content (AvgIpc) is 2.37. The molecule has 2 N–H and O–H groups in total. The smallest absolute Gasteiger partial charge is 0.102 e. The van der Waals surface area contributed by atoms with Gasteiger partial charge in [0, 0.05) is 12.6 Å². The lowest BCUT2D eigenvalue weighted by atomic mass is 10.0. The second kappa shape index (κ2) is 5.70. The Balaban J connectivity index is 1.99. The van der Waals surface area contributed by atoms with E-state index in [-0.39, 0.29) is 0 Å². The van der Waals surface area contributed by atoms with Crippen molar-refractivity contribution >= 4 is 5.69 Å². The second-order valence-electron chi connectivity index (χ2n) is 4.64. The molecule has 1 aromatic rings. The molecule has 0 radical (unpaired) electrons. The zero-order chi connectivity index (χ0) is 12.1. The van der Waals surface area contributed by atoms with Crippen LogP contribution in [0.4, 0.5) is 5.69 Å². The van der Waals surface area contributed by atoms with Crippen LogP contribution in [-0.2, 0) is 0 Å². The third-order valence-electron chi connectivity index (χ3n) is 3.34. The molecule has 0 amide bonds. The molecule has 1 aromatic carbocycles. The van der Waals surface area contributed by atoms with Gasteiger partial charge >= 0.3 is 0 Å². The monoisotopic (exact) mass is 229 g/mol. The van der Waals surface area contributed by atoms with E-state index >= 15 is 0 Å². The predicted molar refractivity (Wildman–Crippen MR) is 70.0 cm³/mol. The summed E-state index contributed by atoms with van der Waals surface area (Å²) in [5, 5.41) is 16.0. The van der Waals surface area contributed by atoms with E-state index in [0.717, 1.165) is 29.9 Å². The van der Waals surface area contributed by atoms with Crippen LogP contribution in [0, 0.1) is 18.3 Å². The van der Waals surface area contributed by atoms with Crippen molar-refractivity contribution in [2.75, 3.05) is 18.4 Å². The van der Waals surface area contributed by atoms with Crippen molar-refractivity contribution in [1.82, 2.24) is 5.32 Å². The van der Waals surface area contributed by atoms with Gasteiger partial charge in [-0.3, -0.25) is 0 Å². The third-order valence-corrected chi connectivity index (χ3v) is 3.34. The van der Waals surface area contributed by atoms with Crippen LogP contribution >= 0.6 is 0 Å². The van der Waals surface area contributed by atoms with Gasteiger partial charge in [0.05, 0.1) is 11.3 Å². The minimum Gasteiger partial charge on any atom is -0.382 e. The zero-order valence-corrected chi connectivity index (χ0v) is 10.3. The van der Waals surface area contributed by atoms with Gasteiger partial charge in [0.15, 0.2) is 0 Å². The van der Waals surface area contributed by atoms with E-state index in [4.69, 9.17) is 5.26 Å². The fraction of sp³-hybridized carbons (Fsp3) is 0.500. The highest BCUT2D eigenvalue weighted by Gasteiger charge is 2.12. The minimum atomic E-state index is 0.538. The number of nitrogens with one attached hydrogen (secondary N) is 2. The molecule has 0 bridgehead atoms. The summed E-state index contributed by atoms with van der Waals surface area (Å²) in [5.74, 6) is 0. The molecule has 0 saturated carbocycles. The van der Waals surface area contributed by atoms with Gasteiger partial charge in [0.1, 0.15) is 6.07 Å². The predicted octanol–water partition coefficient (Wildman–Crippen LogP) is 2.42. The van der Waals surface area contributed by atoms with E-state index < -0.39 is 0 Å². The van der Waals surface area contributed by atoms with Crippen LogP contribution in [0.3, 0.4) is 0 Å². The number of aryl methyl sites for hydroxylation is 1. The molecule has 17 heavy (non-hydrogen) atoms. The lowest BCUT2D eigenvalue weighted by Gasteiger charge is -2.24. The third kappa shape index (κ3) is 2.98. The maximum absolute atomic E-state index is 9.13. The normalized spacial score (nSPS) is 19.6. The first kappa shape index (κ1) is 11.9. The van der Waals surface area contributed by atoms with E-state index in [1.807, 2.05) is 25.1 Å². The average molecular weight is 229 g/mol. The number of rotatable bonds is 3. The Morgan fingerprint density at radius 3 is 3.06 bits per heavy atom. The van der Waals surface area contributed by atoms with Crippen LogP contribution < -0.4 is 10.6 Å². The topological polar surface area (TPSA) is 47.8 Å². The number of piperidine rings is 1. The molecule has 0 aliphatic carbocycles. The van der Waals surface area contributed by atoms with Crippen molar-refractivity contribution in [2.45, 2.75) is 32.2 Å². The summed E-state index contributed by atoms with van der Waals surface area (Å²) in [5.41, 5.74) is 2.76. The van der Waals surface area contributed by atoms with E-state index in [1.165, 1.54) is 19.3 Å². The standard InChI is InChI=1S/C14H19N3/c1-11-5-4-7-14(13(11)9-15)17-10-12-6-2-3-8-16-12/h4-5,7,12,16-17H,2-3,6,8,10H2,1H3. The van der Waals surface area contributed by atoms with Gasteiger partial charge < -0.3 is 10.6 Å². The molecule has 0 spiro atoms. The van der Waals surface area contributed by atoms with Crippen molar-refractivity contribution in [2.24, 2.45) is 0 Å². The minimum absolute atomic E-state index is 0.538. The van der Waals surface area contributed by atoms with Crippen LogP contribution in [0.5, 0.6) is 0 Å².